The van der Waals surface area contributed by atoms with Gasteiger partial charge in [0.15, 0.2) is 22.7 Å². The monoisotopic (exact) mass is 501 g/mol. The summed E-state index contributed by atoms with van der Waals surface area (Å²) in [6.07, 6.45) is 1.35. The Morgan fingerprint density at radius 3 is 2.84 bits per heavy atom. The second kappa shape index (κ2) is 7.57. The molecule has 5 atom stereocenters. The molecule has 0 radical (unpaired) electrons. The molecular weight excluding hydrogens is 478 g/mol. The van der Waals surface area contributed by atoms with E-state index in [0.717, 1.165) is 11.0 Å². The number of hydrogen-bond donors (Lipinski definition) is 4. The number of hydrogen-bond acceptors (Lipinski definition) is 10. The number of para-hydroxylation sites is 1. The van der Waals surface area contributed by atoms with Crippen molar-refractivity contribution < 1.29 is 19.4 Å². The van der Waals surface area contributed by atoms with Crippen LogP contribution in [0.1, 0.15) is 12.5 Å². The maximum absolute atomic E-state index is 12.6. The molecule has 5 aromatic rings. The van der Waals surface area contributed by atoms with Crippen molar-refractivity contribution in [1.82, 2.24) is 39.8 Å². The van der Waals surface area contributed by atoms with Gasteiger partial charge in [0.25, 0.3) is 5.95 Å². The number of benzene rings is 1. The molecule has 0 bridgehead atoms. The van der Waals surface area contributed by atoms with Crippen molar-refractivity contribution in [1.29, 1.82) is 0 Å². The van der Waals surface area contributed by atoms with E-state index in [0.29, 0.717) is 34.9 Å². The Hall–Kier alpha value is -4.36. The van der Waals surface area contributed by atoms with Gasteiger partial charge in [0.1, 0.15) is 17.4 Å². The van der Waals surface area contributed by atoms with Gasteiger partial charge in [0.2, 0.25) is 5.91 Å². The summed E-state index contributed by atoms with van der Waals surface area (Å²) >= 11 is 0. The highest BCUT2D eigenvalue weighted by molar-refractivity contribution is 5.88. The Morgan fingerprint density at radius 2 is 2.05 bits per heavy atom. The lowest BCUT2D eigenvalue weighted by atomic mass is 9.98. The zero-order valence-corrected chi connectivity index (χ0v) is 19.9. The molecule has 1 amide bonds. The second-order valence-corrected chi connectivity index (χ2v) is 9.50. The SMILES string of the molecule is CNC(=O)[C@@]12C[C@@H]1[C@@H](n1cnc3c(NC)nc(-n4cc(-c5cc6ccccc6o5)nn4)nc31)[C@H](O)[C@@H]2O. The smallest absolute Gasteiger partial charge is 0.256 e. The fraction of sp³-hybridized carbons (Fsp3) is 0.333. The number of aromatic nitrogens is 7. The predicted molar refractivity (Wildman–Crippen MR) is 131 cm³/mol. The summed E-state index contributed by atoms with van der Waals surface area (Å²) in [6.45, 7) is 0. The molecule has 13 heteroatoms. The maximum atomic E-state index is 12.6. The number of anilines is 1. The summed E-state index contributed by atoms with van der Waals surface area (Å²) in [5.41, 5.74) is 1.18. The van der Waals surface area contributed by atoms with Gasteiger partial charge in [-0.3, -0.25) is 4.79 Å². The van der Waals surface area contributed by atoms with Gasteiger partial charge in [0, 0.05) is 25.4 Å². The van der Waals surface area contributed by atoms with Crippen LogP contribution >= 0.6 is 0 Å². The topological polar surface area (TPSA) is 169 Å². The van der Waals surface area contributed by atoms with E-state index in [9.17, 15) is 15.0 Å². The van der Waals surface area contributed by atoms with Crippen LogP contribution in [0.5, 0.6) is 0 Å². The fourth-order valence-electron chi connectivity index (χ4n) is 5.77. The number of amides is 1. The molecule has 13 nitrogen and oxygen atoms in total. The zero-order chi connectivity index (χ0) is 25.5. The van der Waals surface area contributed by atoms with Crippen molar-refractivity contribution in [3.05, 3.63) is 42.9 Å². The number of rotatable bonds is 5. The van der Waals surface area contributed by atoms with Crippen LogP contribution in [0.3, 0.4) is 0 Å². The Labute approximate surface area is 209 Å². The van der Waals surface area contributed by atoms with E-state index in [-0.39, 0.29) is 17.8 Å². The summed E-state index contributed by atoms with van der Waals surface area (Å²) in [5, 5.41) is 36.8. The summed E-state index contributed by atoms with van der Waals surface area (Å²) in [4.78, 5) is 26.3. The molecule has 2 aliphatic carbocycles. The molecule has 4 aromatic heterocycles. The van der Waals surface area contributed by atoms with Gasteiger partial charge in [0.05, 0.1) is 30.1 Å². The first kappa shape index (κ1) is 21.9. The van der Waals surface area contributed by atoms with E-state index >= 15 is 0 Å². The Kier molecular flexibility index (Phi) is 4.48. The average Bonchev–Trinajstić information content (AvgIpc) is 3.33. The Balaban J connectivity index is 1.30. The number of carbonyl (C=O) groups is 1. The van der Waals surface area contributed by atoms with Crippen molar-refractivity contribution in [2.24, 2.45) is 11.3 Å². The highest BCUT2D eigenvalue weighted by atomic mass is 16.3. The van der Waals surface area contributed by atoms with E-state index in [1.807, 2.05) is 30.3 Å². The molecule has 0 saturated heterocycles. The lowest BCUT2D eigenvalue weighted by Gasteiger charge is -2.23. The predicted octanol–water partition coefficient (Wildman–Crippen LogP) is 0.891. The molecule has 37 heavy (non-hydrogen) atoms. The van der Waals surface area contributed by atoms with Gasteiger partial charge in [-0.05, 0) is 18.6 Å². The van der Waals surface area contributed by atoms with Crippen LogP contribution in [0.4, 0.5) is 5.82 Å². The number of carbonyl (C=O) groups excluding carboxylic acids is 1. The van der Waals surface area contributed by atoms with Gasteiger partial charge in [-0.2, -0.15) is 14.6 Å². The van der Waals surface area contributed by atoms with Gasteiger partial charge >= 0.3 is 0 Å². The highest BCUT2D eigenvalue weighted by Crippen LogP contribution is 2.67. The van der Waals surface area contributed by atoms with Crippen molar-refractivity contribution in [2.45, 2.75) is 24.7 Å². The van der Waals surface area contributed by atoms with E-state index in [1.54, 1.807) is 24.1 Å². The summed E-state index contributed by atoms with van der Waals surface area (Å²) < 4.78 is 9.06. The molecule has 2 aliphatic rings. The summed E-state index contributed by atoms with van der Waals surface area (Å²) in [6, 6.07) is 8.99. The summed E-state index contributed by atoms with van der Waals surface area (Å²) in [7, 11) is 3.25. The van der Waals surface area contributed by atoms with Crippen molar-refractivity contribution >= 4 is 33.9 Å². The molecule has 7 rings (SSSR count). The van der Waals surface area contributed by atoms with Crippen LogP contribution in [0.25, 0.3) is 39.5 Å². The molecule has 4 heterocycles. The van der Waals surface area contributed by atoms with Gasteiger partial charge in [-0.25, -0.2) is 4.98 Å². The molecule has 2 fully saturated rings. The number of furan rings is 1. The third-order valence-corrected chi connectivity index (χ3v) is 7.67. The minimum absolute atomic E-state index is 0.231. The van der Waals surface area contributed by atoms with E-state index in [2.05, 4.69) is 30.9 Å². The molecule has 0 aliphatic heterocycles. The number of aliphatic hydroxyl groups excluding tert-OH is 2. The van der Waals surface area contributed by atoms with Crippen LogP contribution in [0.2, 0.25) is 0 Å². The zero-order valence-electron chi connectivity index (χ0n) is 19.9. The molecule has 188 valence electrons. The Morgan fingerprint density at radius 1 is 1.22 bits per heavy atom. The van der Waals surface area contributed by atoms with Gasteiger partial charge in [-0.15, -0.1) is 5.10 Å². The lowest BCUT2D eigenvalue weighted by Crippen LogP contribution is -2.41. The quantitative estimate of drug-likeness (QED) is 0.271. The first-order valence-electron chi connectivity index (χ1n) is 11.9. The highest BCUT2D eigenvalue weighted by Gasteiger charge is 2.75. The maximum Gasteiger partial charge on any atom is 0.256 e. The van der Waals surface area contributed by atoms with Crippen LogP contribution in [-0.4, -0.2) is 76.9 Å². The molecule has 1 aromatic carbocycles. The average molecular weight is 502 g/mol. The molecular formula is C24H23N9O4. The van der Waals surface area contributed by atoms with Crippen molar-refractivity contribution in [2.75, 3.05) is 19.4 Å². The number of nitrogens with one attached hydrogen (secondary N) is 2. The summed E-state index contributed by atoms with van der Waals surface area (Å²) in [5.74, 6) is 0.728. The largest absolute Gasteiger partial charge is 0.454 e. The van der Waals surface area contributed by atoms with E-state index in [4.69, 9.17) is 9.40 Å². The second-order valence-electron chi connectivity index (χ2n) is 9.50. The first-order valence-corrected chi connectivity index (χ1v) is 11.9. The van der Waals surface area contributed by atoms with Crippen LogP contribution < -0.4 is 10.6 Å². The molecule has 2 saturated carbocycles. The number of fused-ring (bicyclic) bond motifs is 3. The fourth-order valence-corrected chi connectivity index (χ4v) is 5.77. The number of imidazole rings is 1. The minimum atomic E-state index is -1.19. The molecule has 0 unspecified atom stereocenters. The van der Waals surface area contributed by atoms with Crippen LogP contribution in [-0.2, 0) is 4.79 Å². The standard InChI is InChI=1S/C24H23N9O4/c1-25-20-16-21(32(10-27-16)17-12-8-24(12,22(36)26-2)19(35)18(17)34)29-23(28-20)33-9-13(30-31-33)15-7-11-5-3-4-6-14(11)37-15/h3-7,9-10,12,17-19,34-35H,8H2,1-2H3,(H,26,36)(H,25,28,29)/t12-,17-,18+,19+,24+/m1/s1. The van der Waals surface area contributed by atoms with Crippen LogP contribution in [0.15, 0.2) is 47.3 Å². The van der Waals surface area contributed by atoms with Crippen molar-refractivity contribution in [3.8, 4) is 17.4 Å². The van der Waals surface area contributed by atoms with Crippen molar-refractivity contribution in [3.63, 3.8) is 0 Å². The number of nitrogens with zero attached hydrogens (tertiary/aromatic N) is 7. The van der Waals surface area contributed by atoms with Crippen LogP contribution in [0, 0.1) is 11.3 Å². The lowest BCUT2D eigenvalue weighted by molar-refractivity contribution is -0.132. The van der Waals surface area contributed by atoms with E-state index < -0.39 is 23.7 Å². The molecule has 0 spiro atoms. The van der Waals surface area contributed by atoms with Gasteiger partial charge < -0.3 is 29.8 Å². The van der Waals surface area contributed by atoms with Gasteiger partial charge in [-0.1, -0.05) is 23.4 Å². The first-order chi connectivity index (χ1) is 18.0. The third-order valence-electron chi connectivity index (χ3n) is 7.67. The Bertz CT molecular complexity index is 1660. The molecule has 4 N–H and O–H groups in total. The number of aliphatic hydroxyl groups is 2. The third kappa shape index (κ3) is 2.92. The normalized spacial score (nSPS) is 26.5. The minimum Gasteiger partial charge on any atom is -0.454 e. The van der Waals surface area contributed by atoms with E-state index in [1.165, 1.54) is 11.7 Å².